The maximum absolute atomic E-state index is 10.7. The molecule has 0 saturated carbocycles. The van der Waals surface area contributed by atoms with Gasteiger partial charge in [0.05, 0.1) is 20.7 Å². The zero-order valence-corrected chi connectivity index (χ0v) is 11.1. The van der Waals surface area contributed by atoms with Gasteiger partial charge in [-0.15, -0.1) is 0 Å². The minimum Gasteiger partial charge on any atom is -0.368 e. The third-order valence-electron chi connectivity index (χ3n) is 2.99. The Hall–Kier alpha value is -1.04. The van der Waals surface area contributed by atoms with Gasteiger partial charge in [0.15, 0.2) is 0 Å². The predicted octanol–water partition coefficient (Wildman–Crippen LogP) is 2.83. The first kappa shape index (κ1) is 13.4. The second kappa shape index (κ2) is 5.30. The van der Waals surface area contributed by atoms with Crippen LogP contribution in [0.4, 0.5) is 11.4 Å². The first-order chi connectivity index (χ1) is 8.49. The fourth-order valence-corrected chi connectivity index (χ4v) is 2.89. The molecule has 0 aliphatic carbocycles. The van der Waals surface area contributed by atoms with Crippen LogP contribution < -0.4 is 10.6 Å². The van der Waals surface area contributed by atoms with Crippen molar-refractivity contribution in [1.29, 1.82) is 0 Å². The molecular formula is C11H13Cl2N3O2. The van der Waals surface area contributed by atoms with Crippen molar-refractivity contribution in [3.63, 3.8) is 0 Å². The molecule has 1 aliphatic heterocycles. The number of nitro benzene ring substituents is 1. The number of benzene rings is 1. The van der Waals surface area contributed by atoms with Crippen LogP contribution in [0.3, 0.4) is 0 Å². The van der Waals surface area contributed by atoms with Crippen molar-refractivity contribution in [2.45, 2.75) is 18.9 Å². The third kappa shape index (κ3) is 2.68. The molecule has 1 aliphatic rings. The minimum absolute atomic E-state index is 0.0843. The fraction of sp³-hybridized carbons (Fsp3) is 0.455. The molecule has 1 saturated heterocycles. The molecule has 2 rings (SSSR count). The Morgan fingerprint density at radius 3 is 2.50 bits per heavy atom. The van der Waals surface area contributed by atoms with E-state index in [1.54, 1.807) is 0 Å². The molecule has 2 N–H and O–H groups in total. The molecular weight excluding hydrogens is 277 g/mol. The number of halogens is 2. The first-order valence-corrected chi connectivity index (χ1v) is 6.38. The second-order valence-electron chi connectivity index (χ2n) is 4.36. The third-order valence-corrected chi connectivity index (χ3v) is 3.56. The predicted molar refractivity (Wildman–Crippen MR) is 72.5 cm³/mol. The summed E-state index contributed by atoms with van der Waals surface area (Å²) in [6.07, 6.45) is 1.93. The summed E-state index contributed by atoms with van der Waals surface area (Å²) in [4.78, 5) is 12.2. The molecule has 18 heavy (non-hydrogen) atoms. The number of hydrogen-bond acceptors (Lipinski definition) is 4. The lowest BCUT2D eigenvalue weighted by Crippen LogP contribution is -2.43. The van der Waals surface area contributed by atoms with Gasteiger partial charge in [0, 0.05) is 31.3 Å². The summed E-state index contributed by atoms with van der Waals surface area (Å²) in [5, 5.41) is 11.3. The van der Waals surface area contributed by atoms with Crippen molar-refractivity contribution in [2.24, 2.45) is 5.73 Å². The van der Waals surface area contributed by atoms with Crippen LogP contribution >= 0.6 is 23.2 Å². The number of hydrogen-bond donors (Lipinski definition) is 1. The largest absolute Gasteiger partial charge is 0.368 e. The van der Waals surface area contributed by atoms with E-state index < -0.39 is 4.92 Å². The Labute approximate surface area is 115 Å². The highest BCUT2D eigenvalue weighted by Crippen LogP contribution is 2.38. The lowest BCUT2D eigenvalue weighted by Gasteiger charge is -2.33. The number of piperidine rings is 1. The zero-order valence-electron chi connectivity index (χ0n) is 9.60. The van der Waals surface area contributed by atoms with E-state index in [2.05, 4.69) is 0 Å². The molecule has 0 amide bonds. The molecule has 1 fully saturated rings. The molecule has 0 bridgehead atoms. The summed E-state index contributed by atoms with van der Waals surface area (Å²) in [7, 11) is 0. The van der Waals surface area contributed by atoms with Gasteiger partial charge in [0.1, 0.15) is 0 Å². The maximum atomic E-state index is 10.7. The second-order valence-corrected chi connectivity index (χ2v) is 5.18. The molecule has 1 heterocycles. The summed E-state index contributed by atoms with van der Waals surface area (Å²) < 4.78 is 0. The normalized spacial score (nSPS) is 19.9. The van der Waals surface area contributed by atoms with Gasteiger partial charge in [0.25, 0.3) is 5.69 Å². The van der Waals surface area contributed by atoms with Crippen molar-refractivity contribution in [3.05, 3.63) is 32.3 Å². The smallest absolute Gasteiger partial charge is 0.272 e. The quantitative estimate of drug-likeness (QED) is 0.671. The minimum atomic E-state index is -0.510. The van der Waals surface area contributed by atoms with E-state index >= 15 is 0 Å². The Morgan fingerprint density at radius 1 is 1.39 bits per heavy atom. The fourth-order valence-electron chi connectivity index (χ4n) is 2.17. The van der Waals surface area contributed by atoms with Crippen molar-refractivity contribution in [3.8, 4) is 0 Å². The van der Waals surface area contributed by atoms with Gasteiger partial charge >= 0.3 is 0 Å². The zero-order chi connectivity index (χ0) is 13.3. The lowest BCUT2D eigenvalue weighted by molar-refractivity contribution is -0.384. The molecule has 1 aromatic carbocycles. The summed E-state index contributed by atoms with van der Waals surface area (Å²) in [6, 6.07) is 2.73. The Kier molecular flexibility index (Phi) is 3.94. The van der Waals surface area contributed by atoms with E-state index in [1.165, 1.54) is 12.1 Å². The number of nitrogens with zero attached hydrogens (tertiary/aromatic N) is 2. The van der Waals surface area contributed by atoms with Gasteiger partial charge in [-0.2, -0.15) is 0 Å². The van der Waals surface area contributed by atoms with E-state index in [4.69, 9.17) is 28.9 Å². The molecule has 7 heteroatoms. The van der Waals surface area contributed by atoms with Gasteiger partial charge in [-0.05, 0) is 12.8 Å². The van der Waals surface area contributed by atoms with Crippen LogP contribution in [0.2, 0.25) is 10.0 Å². The van der Waals surface area contributed by atoms with Gasteiger partial charge in [-0.25, -0.2) is 0 Å². The Balaban J connectivity index is 2.36. The molecule has 0 aromatic heterocycles. The van der Waals surface area contributed by atoms with E-state index in [0.717, 1.165) is 19.4 Å². The number of nitrogens with two attached hydrogens (primary N) is 1. The van der Waals surface area contributed by atoms with E-state index in [-0.39, 0.29) is 11.7 Å². The highest BCUT2D eigenvalue weighted by molar-refractivity contribution is 6.39. The monoisotopic (exact) mass is 289 g/mol. The number of non-ortho nitro benzene ring substituents is 1. The van der Waals surface area contributed by atoms with Crippen LogP contribution in [-0.2, 0) is 0 Å². The molecule has 1 aromatic rings. The van der Waals surface area contributed by atoms with Gasteiger partial charge in [-0.3, -0.25) is 10.1 Å². The van der Waals surface area contributed by atoms with Gasteiger partial charge < -0.3 is 10.6 Å². The average Bonchev–Trinajstić information content (AvgIpc) is 2.27. The first-order valence-electron chi connectivity index (χ1n) is 5.63. The summed E-state index contributed by atoms with van der Waals surface area (Å²) in [6.45, 7) is 1.47. The summed E-state index contributed by atoms with van der Waals surface area (Å²) in [5.41, 5.74) is 6.44. The van der Waals surface area contributed by atoms with Gasteiger partial charge in [-0.1, -0.05) is 23.2 Å². The molecule has 1 unspecified atom stereocenters. The molecule has 0 spiro atoms. The highest BCUT2D eigenvalue weighted by atomic mass is 35.5. The van der Waals surface area contributed by atoms with E-state index in [9.17, 15) is 10.1 Å². The van der Waals surface area contributed by atoms with Gasteiger partial charge in [0.2, 0.25) is 0 Å². The molecule has 1 atom stereocenters. The van der Waals surface area contributed by atoms with E-state index in [0.29, 0.717) is 22.3 Å². The van der Waals surface area contributed by atoms with Crippen LogP contribution in [0.5, 0.6) is 0 Å². The van der Waals surface area contributed by atoms with Crippen LogP contribution in [0.25, 0.3) is 0 Å². The number of anilines is 1. The molecule has 98 valence electrons. The number of rotatable bonds is 2. The highest BCUT2D eigenvalue weighted by Gasteiger charge is 2.23. The average molecular weight is 290 g/mol. The van der Waals surface area contributed by atoms with E-state index in [1.807, 2.05) is 4.90 Å². The van der Waals surface area contributed by atoms with Crippen molar-refractivity contribution in [1.82, 2.24) is 0 Å². The standard InChI is InChI=1S/C11H13Cl2N3O2/c12-9-4-8(16(17)18)5-10(13)11(9)15-3-1-2-7(14)6-15/h4-5,7H,1-3,6,14H2. The number of nitro groups is 1. The van der Waals surface area contributed by atoms with Crippen LogP contribution in [0.1, 0.15) is 12.8 Å². The molecule has 5 nitrogen and oxygen atoms in total. The molecule has 0 radical (unpaired) electrons. The van der Waals surface area contributed by atoms with Crippen molar-refractivity contribution in [2.75, 3.05) is 18.0 Å². The van der Waals surface area contributed by atoms with Crippen LogP contribution in [-0.4, -0.2) is 24.1 Å². The SMILES string of the molecule is NC1CCCN(c2c(Cl)cc([N+](=O)[O-])cc2Cl)C1. The van der Waals surface area contributed by atoms with Crippen molar-refractivity contribution >= 4 is 34.6 Å². The summed E-state index contributed by atoms with van der Waals surface area (Å²) >= 11 is 12.2. The Morgan fingerprint density at radius 2 is 2.00 bits per heavy atom. The van der Waals surface area contributed by atoms with Crippen LogP contribution in [0.15, 0.2) is 12.1 Å². The topological polar surface area (TPSA) is 72.4 Å². The lowest BCUT2D eigenvalue weighted by atomic mass is 10.1. The maximum Gasteiger partial charge on any atom is 0.272 e. The van der Waals surface area contributed by atoms with Crippen LogP contribution in [0, 0.1) is 10.1 Å². The summed E-state index contributed by atoms with van der Waals surface area (Å²) in [5.74, 6) is 0. The Bertz CT molecular complexity index is 458. The van der Waals surface area contributed by atoms with Crippen molar-refractivity contribution < 1.29 is 4.92 Å².